The molecular formula is C13H23N3O2. The highest BCUT2D eigenvalue weighted by atomic mass is 16.5. The van der Waals surface area contributed by atoms with Crippen LogP contribution in [-0.4, -0.2) is 24.8 Å². The Hall–Kier alpha value is -1.17. The van der Waals surface area contributed by atoms with Crippen LogP contribution in [0.25, 0.3) is 0 Å². The van der Waals surface area contributed by atoms with E-state index in [1.165, 1.54) is 0 Å². The third-order valence-electron chi connectivity index (χ3n) is 2.91. The molecule has 1 aromatic heterocycles. The zero-order valence-electron chi connectivity index (χ0n) is 11.3. The smallest absolute Gasteiger partial charge is 0.137 e. The minimum absolute atomic E-state index is 0.0653. The lowest BCUT2D eigenvalue weighted by Gasteiger charge is -2.18. The molecule has 0 aliphatic carbocycles. The van der Waals surface area contributed by atoms with Gasteiger partial charge in [0.2, 0.25) is 0 Å². The molecule has 18 heavy (non-hydrogen) atoms. The van der Waals surface area contributed by atoms with E-state index < -0.39 is 0 Å². The fraction of sp³-hybridized carbons (Fsp3) is 0.615. The van der Waals surface area contributed by atoms with Crippen LogP contribution < -0.4 is 16.0 Å². The third-order valence-corrected chi connectivity index (χ3v) is 2.91. The molecule has 5 heteroatoms. The lowest BCUT2D eigenvalue weighted by Crippen LogP contribution is -2.29. The molecule has 5 nitrogen and oxygen atoms in total. The normalized spacial score (nSPS) is 14.2. The van der Waals surface area contributed by atoms with Crippen LogP contribution in [0.4, 0.5) is 0 Å². The molecule has 0 aliphatic heterocycles. The van der Waals surface area contributed by atoms with Crippen molar-refractivity contribution in [3.63, 3.8) is 0 Å². The first kappa shape index (κ1) is 14.9. The van der Waals surface area contributed by atoms with Crippen molar-refractivity contribution < 1.29 is 9.47 Å². The van der Waals surface area contributed by atoms with Crippen LogP contribution in [0.2, 0.25) is 0 Å². The first-order valence-electron chi connectivity index (χ1n) is 6.27. The second-order valence-electron chi connectivity index (χ2n) is 4.23. The van der Waals surface area contributed by atoms with Crippen molar-refractivity contribution in [2.75, 3.05) is 13.7 Å². The monoisotopic (exact) mass is 253 g/mol. The predicted molar refractivity (Wildman–Crippen MR) is 71.2 cm³/mol. The molecule has 0 spiro atoms. The molecule has 0 aromatic carbocycles. The number of rotatable bonds is 8. The fourth-order valence-corrected chi connectivity index (χ4v) is 1.74. The van der Waals surface area contributed by atoms with E-state index in [1.54, 1.807) is 13.3 Å². The van der Waals surface area contributed by atoms with E-state index in [0.717, 1.165) is 24.2 Å². The number of methoxy groups -OCH3 is 1. The van der Waals surface area contributed by atoms with Gasteiger partial charge in [-0.3, -0.25) is 16.3 Å². The largest absolute Gasteiger partial charge is 0.492 e. The fourth-order valence-electron chi connectivity index (χ4n) is 1.74. The Balaban J connectivity index is 2.66. The minimum atomic E-state index is 0.0653. The van der Waals surface area contributed by atoms with E-state index in [1.807, 2.05) is 26.1 Å². The average Bonchev–Trinajstić information content (AvgIpc) is 2.40. The van der Waals surface area contributed by atoms with Crippen LogP contribution >= 0.6 is 0 Å². The summed E-state index contributed by atoms with van der Waals surface area (Å²) in [6.07, 6.45) is 5.57. The number of hydrogen-bond donors (Lipinski definition) is 2. The maximum absolute atomic E-state index is 5.60. The van der Waals surface area contributed by atoms with Gasteiger partial charge in [0.25, 0.3) is 0 Å². The van der Waals surface area contributed by atoms with Crippen LogP contribution in [0.15, 0.2) is 18.5 Å². The second kappa shape index (κ2) is 8.02. The summed E-state index contributed by atoms with van der Waals surface area (Å²) >= 11 is 0. The summed E-state index contributed by atoms with van der Waals surface area (Å²) in [6, 6.07) is 2.04. The third kappa shape index (κ3) is 4.60. The van der Waals surface area contributed by atoms with E-state index in [9.17, 15) is 0 Å². The van der Waals surface area contributed by atoms with Crippen LogP contribution in [-0.2, 0) is 4.74 Å². The lowest BCUT2D eigenvalue weighted by molar-refractivity contribution is 0.106. The molecule has 0 bridgehead atoms. The van der Waals surface area contributed by atoms with Crippen LogP contribution in [0.3, 0.4) is 0 Å². The van der Waals surface area contributed by atoms with Crippen LogP contribution in [0.1, 0.15) is 38.3 Å². The van der Waals surface area contributed by atoms with Gasteiger partial charge in [0.1, 0.15) is 5.75 Å². The van der Waals surface area contributed by atoms with E-state index in [0.29, 0.717) is 6.61 Å². The summed E-state index contributed by atoms with van der Waals surface area (Å²) in [6.45, 7) is 4.63. The van der Waals surface area contributed by atoms with E-state index in [4.69, 9.17) is 15.3 Å². The van der Waals surface area contributed by atoms with E-state index in [2.05, 4.69) is 10.4 Å². The van der Waals surface area contributed by atoms with Gasteiger partial charge in [-0.15, -0.1) is 0 Å². The highest BCUT2D eigenvalue weighted by Crippen LogP contribution is 2.22. The summed E-state index contributed by atoms with van der Waals surface area (Å²) in [7, 11) is 1.72. The van der Waals surface area contributed by atoms with Crippen molar-refractivity contribution in [1.82, 2.24) is 10.4 Å². The minimum Gasteiger partial charge on any atom is -0.492 e. The molecule has 1 heterocycles. The molecule has 2 unspecified atom stereocenters. The van der Waals surface area contributed by atoms with Crippen LogP contribution in [0.5, 0.6) is 5.75 Å². The average molecular weight is 253 g/mol. The van der Waals surface area contributed by atoms with Crippen molar-refractivity contribution in [2.45, 2.75) is 38.8 Å². The Kier molecular flexibility index (Phi) is 6.64. The zero-order chi connectivity index (χ0) is 13.4. The SMILES string of the molecule is CCOc1cncc(C(CCC(C)OC)NN)c1. The zero-order valence-corrected chi connectivity index (χ0v) is 11.3. The van der Waals surface area contributed by atoms with Crippen molar-refractivity contribution in [3.05, 3.63) is 24.0 Å². The quantitative estimate of drug-likeness (QED) is 0.546. The van der Waals surface area contributed by atoms with Gasteiger partial charge in [-0.25, -0.2) is 0 Å². The first-order chi connectivity index (χ1) is 8.71. The number of nitrogens with zero attached hydrogens (tertiary/aromatic N) is 1. The van der Waals surface area contributed by atoms with E-state index >= 15 is 0 Å². The molecule has 0 fully saturated rings. The number of nitrogens with one attached hydrogen (secondary N) is 1. The number of hydrogen-bond acceptors (Lipinski definition) is 5. The topological polar surface area (TPSA) is 69.4 Å². The molecule has 0 aliphatic rings. The Morgan fingerprint density at radius 1 is 1.39 bits per heavy atom. The van der Waals surface area contributed by atoms with Crippen molar-refractivity contribution in [1.29, 1.82) is 0 Å². The first-order valence-corrected chi connectivity index (χ1v) is 6.27. The molecule has 0 saturated carbocycles. The van der Waals surface area contributed by atoms with Crippen molar-refractivity contribution >= 4 is 0 Å². The van der Waals surface area contributed by atoms with Crippen molar-refractivity contribution in [2.24, 2.45) is 5.84 Å². The van der Waals surface area contributed by atoms with Gasteiger partial charge in [-0.05, 0) is 38.3 Å². The number of ether oxygens (including phenoxy) is 2. The van der Waals surface area contributed by atoms with Gasteiger partial charge < -0.3 is 9.47 Å². The number of hydrazine groups is 1. The summed E-state index contributed by atoms with van der Waals surface area (Å²) in [5, 5.41) is 0. The van der Waals surface area contributed by atoms with Gasteiger partial charge in [0.15, 0.2) is 0 Å². The molecular weight excluding hydrogens is 230 g/mol. The standard InChI is InChI=1S/C13H23N3O2/c1-4-18-12-7-11(8-15-9-12)13(16-14)6-5-10(2)17-3/h7-10,13,16H,4-6,14H2,1-3H3. The summed E-state index contributed by atoms with van der Waals surface area (Å²) in [5.41, 5.74) is 3.85. The molecule has 1 rings (SSSR count). The summed E-state index contributed by atoms with van der Waals surface area (Å²) < 4.78 is 10.7. The molecule has 0 saturated heterocycles. The highest BCUT2D eigenvalue weighted by Gasteiger charge is 2.12. The molecule has 0 amide bonds. The van der Waals surface area contributed by atoms with Gasteiger partial charge in [0, 0.05) is 19.3 Å². The number of aromatic nitrogens is 1. The summed E-state index contributed by atoms with van der Waals surface area (Å²) in [4.78, 5) is 4.17. The van der Waals surface area contributed by atoms with Gasteiger partial charge in [-0.1, -0.05) is 0 Å². The van der Waals surface area contributed by atoms with Crippen molar-refractivity contribution in [3.8, 4) is 5.75 Å². The van der Waals surface area contributed by atoms with Gasteiger partial charge >= 0.3 is 0 Å². The highest BCUT2D eigenvalue weighted by molar-refractivity contribution is 5.25. The number of pyridine rings is 1. The Morgan fingerprint density at radius 3 is 2.78 bits per heavy atom. The van der Waals surface area contributed by atoms with Gasteiger partial charge in [-0.2, -0.15) is 0 Å². The number of nitrogens with two attached hydrogens (primary N) is 1. The summed E-state index contributed by atoms with van der Waals surface area (Å²) in [5.74, 6) is 6.37. The molecule has 1 aromatic rings. The van der Waals surface area contributed by atoms with Gasteiger partial charge in [0.05, 0.1) is 18.9 Å². The lowest BCUT2D eigenvalue weighted by atomic mass is 10.0. The second-order valence-corrected chi connectivity index (χ2v) is 4.23. The molecule has 0 radical (unpaired) electrons. The maximum Gasteiger partial charge on any atom is 0.137 e. The van der Waals surface area contributed by atoms with Crippen LogP contribution in [0, 0.1) is 0 Å². The Labute approximate surface area is 109 Å². The predicted octanol–water partition coefficient (Wildman–Crippen LogP) is 1.80. The Morgan fingerprint density at radius 2 is 2.17 bits per heavy atom. The van der Waals surface area contributed by atoms with E-state index in [-0.39, 0.29) is 12.1 Å². The molecule has 102 valence electrons. The Bertz CT molecular complexity index is 347. The molecule has 2 atom stereocenters. The maximum atomic E-state index is 5.60. The molecule has 3 N–H and O–H groups in total.